The molecule has 0 aromatic heterocycles. The summed E-state index contributed by atoms with van der Waals surface area (Å²) in [7, 11) is 0. The van der Waals surface area contributed by atoms with Crippen molar-refractivity contribution in [1.82, 2.24) is 10.4 Å². The summed E-state index contributed by atoms with van der Waals surface area (Å²) in [5.41, 5.74) is 6.20. The number of anilines is 1. The third kappa shape index (κ3) is 5.04. The maximum Gasteiger partial charge on any atom is 0.137 e. The highest BCUT2D eigenvalue weighted by Gasteiger charge is 2.39. The minimum atomic E-state index is -0.0551. The van der Waals surface area contributed by atoms with Gasteiger partial charge in [-0.05, 0) is 55.7 Å². The highest BCUT2D eigenvalue weighted by molar-refractivity contribution is 7.82. The summed E-state index contributed by atoms with van der Waals surface area (Å²) in [6, 6.07) is 13.6. The number of ether oxygens (including phenoxy) is 1. The molecule has 0 aliphatic carbocycles. The molecule has 4 rings (SSSR count). The van der Waals surface area contributed by atoms with Crippen LogP contribution in [0.15, 0.2) is 47.6 Å². The zero-order valence-electron chi connectivity index (χ0n) is 18.4. The number of rotatable bonds is 6. The first kappa shape index (κ1) is 23.3. The van der Waals surface area contributed by atoms with Crippen molar-refractivity contribution in [2.75, 3.05) is 24.7 Å². The molecule has 2 aromatic rings. The molecule has 5 nitrogen and oxygen atoms in total. The third-order valence-corrected chi connectivity index (χ3v) is 6.76. The molecule has 1 saturated heterocycles. The number of nitrogens with zero attached hydrogens (tertiary/aromatic N) is 3. The van der Waals surface area contributed by atoms with Crippen LogP contribution in [0, 0.1) is 5.92 Å². The highest BCUT2D eigenvalue weighted by Crippen LogP contribution is 2.42. The average Bonchev–Trinajstić information content (AvgIpc) is 3.12. The van der Waals surface area contributed by atoms with Gasteiger partial charge in [0.15, 0.2) is 0 Å². The normalized spacial score (nSPS) is 21.4. The zero-order chi connectivity index (χ0) is 22.7. The summed E-state index contributed by atoms with van der Waals surface area (Å²) >= 11 is 18.5. The Bertz CT molecular complexity index is 992. The van der Waals surface area contributed by atoms with Crippen LogP contribution in [0.25, 0.3) is 0 Å². The van der Waals surface area contributed by atoms with E-state index in [2.05, 4.69) is 29.5 Å². The fraction of sp³-hybridized carbons (Fsp3) is 0.417. The van der Waals surface area contributed by atoms with E-state index in [1.54, 1.807) is 6.07 Å². The molecule has 0 amide bonds. The molecule has 32 heavy (non-hydrogen) atoms. The second-order valence-electron chi connectivity index (χ2n) is 8.15. The first-order chi connectivity index (χ1) is 15.5. The Balaban J connectivity index is 1.66. The summed E-state index contributed by atoms with van der Waals surface area (Å²) in [5, 5.41) is 10.3. The molecule has 1 N–H and O–H groups in total. The predicted molar refractivity (Wildman–Crippen MR) is 137 cm³/mol. The van der Waals surface area contributed by atoms with Gasteiger partial charge < -0.3 is 10.2 Å². The average molecular weight is 491 g/mol. The van der Waals surface area contributed by atoms with Crippen LogP contribution in [0.3, 0.4) is 0 Å². The van der Waals surface area contributed by atoms with Crippen molar-refractivity contribution in [3.63, 3.8) is 0 Å². The van der Waals surface area contributed by atoms with Gasteiger partial charge in [-0.25, -0.2) is 5.01 Å². The van der Waals surface area contributed by atoms with Crippen LogP contribution in [0.5, 0.6) is 5.75 Å². The predicted octanol–water partition coefficient (Wildman–Crippen LogP) is 6.26. The molecule has 8 heteroatoms. The smallest absolute Gasteiger partial charge is 0.137 e. The van der Waals surface area contributed by atoms with Gasteiger partial charge in [0.2, 0.25) is 0 Å². The summed E-state index contributed by atoms with van der Waals surface area (Å²) in [5.74, 6) is 0.908. The summed E-state index contributed by atoms with van der Waals surface area (Å²) in [6.07, 6.45) is 3.63. The van der Waals surface area contributed by atoms with Crippen molar-refractivity contribution in [3.8, 4) is 5.75 Å². The Hall–Kier alpha value is -1.86. The third-order valence-electron chi connectivity index (χ3n) is 5.92. The summed E-state index contributed by atoms with van der Waals surface area (Å²) in [4.78, 5) is 0.669. The maximum atomic E-state index is 6.59. The van der Waals surface area contributed by atoms with Crippen LogP contribution in [0.2, 0.25) is 10.0 Å². The molecule has 2 aromatic carbocycles. The number of hydrazone groups is 1. The molecule has 0 saturated carbocycles. The number of hydrazine groups is 1. The fourth-order valence-corrected chi connectivity index (χ4v) is 5.17. The lowest BCUT2D eigenvalue weighted by Crippen LogP contribution is -2.47. The molecule has 0 spiro atoms. The van der Waals surface area contributed by atoms with E-state index < -0.39 is 0 Å². The van der Waals surface area contributed by atoms with Gasteiger partial charge in [0.05, 0.1) is 23.4 Å². The molecular formula is C24H28Cl2N4OS. The van der Waals surface area contributed by atoms with Crippen molar-refractivity contribution < 1.29 is 4.74 Å². The van der Waals surface area contributed by atoms with Crippen LogP contribution in [-0.4, -0.2) is 35.4 Å². The summed E-state index contributed by atoms with van der Waals surface area (Å²) in [6.45, 7) is 6.77. The number of piperidine rings is 1. The lowest BCUT2D eigenvalue weighted by molar-refractivity contribution is 0.197. The standard InChI is InChI=1S/C24H28Cl2N4OS/c1-3-31-19-10-7-17(8-11-19)23-16(2)22(24(32)28-29-13-5-4-6-14-29)27-30(23)21-12-9-18(25)15-20(21)26/h7-12,15-16,23H,3-6,13-14H2,1-2H3,(H,28,32)/t16-,23-/m0/s1. The van der Waals surface area contributed by atoms with Crippen molar-refractivity contribution >= 4 is 51.8 Å². The van der Waals surface area contributed by atoms with Gasteiger partial charge in [0.1, 0.15) is 16.4 Å². The number of halogens is 2. The monoisotopic (exact) mass is 490 g/mol. The van der Waals surface area contributed by atoms with Crippen molar-refractivity contribution in [3.05, 3.63) is 58.1 Å². The highest BCUT2D eigenvalue weighted by atomic mass is 35.5. The van der Waals surface area contributed by atoms with Crippen LogP contribution in [0.4, 0.5) is 5.69 Å². The van der Waals surface area contributed by atoms with Gasteiger partial charge in [0, 0.05) is 24.0 Å². The largest absolute Gasteiger partial charge is 0.494 e. The van der Waals surface area contributed by atoms with E-state index in [0.29, 0.717) is 21.6 Å². The van der Waals surface area contributed by atoms with Gasteiger partial charge in [-0.15, -0.1) is 0 Å². The molecular weight excluding hydrogens is 463 g/mol. The topological polar surface area (TPSA) is 40.1 Å². The number of thiocarbonyl (C=S) groups is 1. The van der Waals surface area contributed by atoms with E-state index in [9.17, 15) is 0 Å². The maximum absolute atomic E-state index is 6.59. The van der Waals surface area contributed by atoms with Gasteiger partial charge in [0.25, 0.3) is 0 Å². The number of hydrogen-bond acceptors (Lipinski definition) is 5. The Morgan fingerprint density at radius 1 is 1.12 bits per heavy atom. The first-order valence-corrected chi connectivity index (χ1v) is 12.3. The molecule has 2 atom stereocenters. The van der Waals surface area contributed by atoms with Crippen LogP contribution >= 0.6 is 35.4 Å². The van der Waals surface area contributed by atoms with Gasteiger partial charge >= 0.3 is 0 Å². The lowest BCUT2D eigenvalue weighted by Gasteiger charge is -2.29. The van der Waals surface area contributed by atoms with E-state index in [-0.39, 0.29) is 12.0 Å². The molecule has 2 aliphatic rings. The Labute approximate surface area is 205 Å². The number of hydrogen-bond donors (Lipinski definition) is 1. The molecule has 0 unspecified atom stereocenters. The second-order valence-corrected chi connectivity index (χ2v) is 9.40. The fourth-order valence-electron chi connectivity index (χ4n) is 4.32. The zero-order valence-corrected chi connectivity index (χ0v) is 20.7. The van der Waals surface area contributed by atoms with E-state index in [1.807, 2.05) is 36.2 Å². The number of nitrogens with one attached hydrogen (secondary N) is 1. The van der Waals surface area contributed by atoms with Gasteiger partial charge in [-0.3, -0.25) is 5.01 Å². The van der Waals surface area contributed by atoms with Crippen LogP contribution < -0.4 is 15.2 Å². The van der Waals surface area contributed by atoms with Crippen LogP contribution in [-0.2, 0) is 0 Å². The molecule has 2 aliphatic heterocycles. The van der Waals surface area contributed by atoms with E-state index >= 15 is 0 Å². The van der Waals surface area contributed by atoms with Gasteiger partial charge in [-0.2, -0.15) is 5.10 Å². The lowest BCUT2D eigenvalue weighted by atomic mass is 9.91. The minimum absolute atomic E-state index is 0.0551. The number of benzene rings is 2. The Morgan fingerprint density at radius 2 is 1.84 bits per heavy atom. The van der Waals surface area contributed by atoms with Crippen LogP contribution in [0.1, 0.15) is 44.7 Å². The molecule has 0 radical (unpaired) electrons. The van der Waals surface area contributed by atoms with E-state index in [0.717, 1.165) is 35.8 Å². The van der Waals surface area contributed by atoms with Crippen molar-refractivity contribution in [2.24, 2.45) is 11.0 Å². The molecule has 2 heterocycles. The van der Waals surface area contributed by atoms with Gasteiger partial charge in [-0.1, -0.05) is 60.9 Å². The second kappa shape index (κ2) is 10.4. The molecule has 1 fully saturated rings. The molecule has 170 valence electrons. The SMILES string of the molecule is CCOc1ccc([C@@H]2[C@@H](C)C(C(=S)NN3CCCCC3)=NN2c2ccc(Cl)cc2Cl)cc1. The first-order valence-electron chi connectivity index (χ1n) is 11.1. The van der Waals surface area contributed by atoms with Crippen molar-refractivity contribution in [2.45, 2.75) is 39.2 Å². The Morgan fingerprint density at radius 3 is 2.50 bits per heavy atom. The molecule has 0 bridgehead atoms. The van der Waals surface area contributed by atoms with Crippen molar-refractivity contribution in [1.29, 1.82) is 0 Å². The summed E-state index contributed by atoms with van der Waals surface area (Å²) < 4.78 is 5.62. The quantitative estimate of drug-likeness (QED) is 0.483. The van der Waals surface area contributed by atoms with E-state index in [4.69, 9.17) is 45.3 Å². The minimum Gasteiger partial charge on any atom is -0.494 e. The van der Waals surface area contributed by atoms with E-state index in [1.165, 1.54) is 19.3 Å². The Kier molecular flexibility index (Phi) is 7.56.